The van der Waals surface area contributed by atoms with Crippen LogP contribution >= 0.6 is 11.6 Å². The average molecular weight is 347 g/mol. The number of hydrogen-bond donors (Lipinski definition) is 3. The van der Waals surface area contributed by atoms with Gasteiger partial charge in [0.2, 0.25) is 0 Å². The van der Waals surface area contributed by atoms with Gasteiger partial charge in [0.15, 0.2) is 11.6 Å². The normalized spacial score (nSPS) is 18.6. The molecule has 0 bridgehead atoms. The van der Waals surface area contributed by atoms with Gasteiger partial charge in [-0.1, -0.05) is 31.9 Å². The molecule has 23 heavy (non-hydrogen) atoms. The molecule has 0 unspecified atom stereocenters. The van der Waals surface area contributed by atoms with Gasteiger partial charge in [-0.15, -0.1) is 0 Å². The van der Waals surface area contributed by atoms with E-state index in [0.29, 0.717) is 19.2 Å². The fraction of sp³-hybridized carbons (Fsp3) is 0.438. The third kappa shape index (κ3) is 5.39. The predicted octanol–water partition coefficient (Wildman–Crippen LogP) is 3.49. The fourth-order valence-electron chi connectivity index (χ4n) is 1.90. The second-order valence-corrected chi connectivity index (χ2v) is 5.45. The number of halogens is 3. The molecule has 1 heterocycles. The van der Waals surface area contributed by atoms with E-state index in [4.69, 9.17) is 11.6 Å². The molecular formula is C16H21ClF2N2O2. The number of hydrogen-bond acceptors (Lipinski definition) is 3. The Bertz CT molecular complexity index is 592. The highest BCUT2D eigenvalue weighted by atomic mass is 35.5. The quantitative estimate of drug-likeness (QED) is 0.682. The summed E-state index contributed by atoms with van der Waals surface area (Å²) < 4.78 is 26.9. The van der Waals surface area contributed by atoms with Crippen LogP contribution in [0.1, 0.15) is 38.7 Å². The van der Waals surface area contributed by atoms with Gasteiger partial charge in [0.25, 0.3) is 5.91 Å². The van der Waals surface area contributed by atoms with E-state index in [1.807, 2.05) is 0 Å². The molecule has 0 atom stereocenters. The molecule has 128 valence electrons. The number of carbonyl (C=O) groups is 1. The Kier molecular flexibility index (Phi) is 7.81. The van der Waals surface area contributed by atoms with E-state index in [2.05, 4.69) is 24.5 Å². The van der Waals surface area contributed by atoms with Crippen LogP contribution in [-0.4, -0.2) is 24.1 Å². The Morgan fingerprint density at radius 1 is 1.13 bits per heavy atom. The van der Waals surface area contributed by atoms with Crippen molar-refractivity contribution in [3.05, 3.63) is 34.5 Å². The number of nitrogens with one attached hydrogen (secondary N) is 2. The molecule has 0 spiro atoms. The molecular weight excluding hydrogens is 326 g/mol. The van der Waals surface area contributed by atoms with E-state index < -0.39 is 23.3 Å². The lowest BCUT2D eigenvalue weighted by Gasteiger charge is -2.12. The lowest BCUT2D eigenvalue weighted by atomic mass is 10.0. The highest BCUT2D eigenvalue weighted by molar-refractivity contribution is 6.39. The van der Waals surface area contributed by atoms with E-state index in [1.165, 1.54) is 6.42 Å². The molecule has 1 amide bonds. The predicted molar refractivity (Wildman–Crippen MR) is 87.0 cm³/mol. The second-order valence-electron chi connectivity index (χ2n) is 5.07. The van der Waals surface area contributed by atoms with Crippen molar-refractivity contribution in [1.29, 1.82) is 0 Å². The number of amides is 1. The molecule has 0 fully saturated rings. The summed E-state index contributed by atoms with van der Waals surface area (Å²) in [4.78, 5) is 12.0. The first kappa shape index (κ1) is 19.2. The molecule has 4 nitrogen and oxygen atoms in total. The van der Waals surface area contributed by atoms with Crippen LogP contribution in [0.5, 0.6) is 5.75 Å². The van der Waals surface area contributed by atoms with Gasteiger partial charge in [-0.05, 0) is 18.9 Å². The van der Waals surface area contributed by atoms with E-state index in [0.717, 1.165) is 18.9 Å². The largest absolute Gasteiger partial charge is 0.505 e. The smallest absolute Gasteiger partial charge is 0.255 e. The summed E-state index contributed by atoms with van der Waals surface area (Å²) in [6.45, 7) is 5.22. The third-order valence-corrected chi connectivity index (χ3v) is 3.24. The molecule has 0 aromatic heterocycles. The zero-order chi connectivity index (χ0) is 17.4. The van der Waals surface area contributed by atoms with Crippen LogP contribution in [0.25, 0.3) is 5.57 Å². The number of rotatable bonds is 1. The summed E-state index contributed by atoms with van der Waals surface area (Å²) in [5.41, 5.74) is -0.401. The van der Waals surface area contributed by atoms with Crippen LogP contribution in [0.3, 0.4) is 0 Å². The first-order valence-corrected chi connectivity index (χ1v) is 7.90. The zero-order valence-corrected chi connectivity index (χ0v) is 13.9. The first-order chi connectivity index (χ1) is 10.9. The molecule has 7 heteroatoms. The lowest BCUT2D eigenvalue weighted by molar-refractivity contribution is -0.115. The number of phenols is 1. The maximum atomic E-state index is 13.8. The molecule has 3 N–H and O–H groups in total. The fourth-order valence-corrected chi connectivity index (χ4v) is 2.18. The minimum absolute atomic E-state index is 0.0330. The van der Waals surface area contributed by atoms with Crippen molar-refractivity contribution in [3.8, 4) is 5.75 Å². The maximum absolute atomic E-state index is 13.8. The zero-order valence-electron chi connectivity index (χ0n) is 13.2. The number of benzene rings is 1. The van der Waals surface area contributed by atoms with Crippen molar-refractivity contribution in [2.24, 2.45) is 0 Å². The van der Waals surface area contributed by atoms with Gasteiger partial charge in [-0.25, -0.2) is 8.78 Å². The molecule has 2 rings (SSSR count). The average Bonchev–Trinajstić information content (AvgIpc) is 2.55. The van der Waals surface area contributed by atoms with Crippen molar-refractivity contribution >= 4 is 23.1 Å². The summed E-state index contributed by atoms with van der Waals surface area (Å²) in [6, 6.07) is 1.36. The molecule has 1 aromatic carbocycles. The van der Waals surface area contributed by atoms with E-state index in [-0.39, 0.29) is 16.3 Å². The van der Waals surface area contributed by atoms with Gasteiger partial charge in [-0.3, -0.25) is 4.79 Å². The molecule has 1 aliphatic heterocycles. The van der Waals surface area contributed by atoms with Crippen LogP contribution in [0, 0.1) is 11.6 Å². The van der Waals surface area contributed by atoms with E-state index in [1.54, 1.807) is 0 Å². The van der Waals surface area contributed by atoms with Crippen molar-refractivity contribution in [1.82, 2.24) is 10.6 Å². The number of phenolic OH excluding ortho intramolecular Hbond substituents is 1. The Morgan fingerprint density at radius 2 is 1.70 bits per heavy atom. The molecule has 0 radical (unpaired) electrons. The number of aromatic hydroxyl groups is 1. The second kappa shape index (κ2) is 9.35. The van der Waals surface area contributed by atoms with Crippen molar-refractivity contribution in [2.75, 3.05) is 13.1 Å². The van der Waals surface area contributed by atoms with Crippen molar-refractivity contribution < 1.29 is 18.7 Å². The summed E-state index contributed by atoms with van der Waals surface area (Å²) in [5.74, 6) is -3.38. The van der Waals surface area contributed by atoms with E-state index >= 15 is 0 Å². The Hall–Kier alpha value is -1.82. The SMILES string of the molecule is CCC.O=C1NCCCCN/C(Cl)=C\1c1cc(O)c(F)cc1F. The molecule has 0 saturated heterocycles. The van der Waals surface area contributed by atoms with Crippen LogP contribution < -0.4 is 10.6 Å². The van der Waals surface area contributed by atoms with Gasteiger partial charge < -0.3 is 15.7 Å². The van der Waals surface area contributed by atoms with Crippen molar-refractivity contribution in [2.45, 2.75) is 33.1 Å². The number of carbonyl (C=O) groups excluding carboxylic acids is 1. The maximum Gasteiger partial charge on any atom is 0.255 e. The summed E-state index contributed by atoms with van der Waals surface area (Å²) in [6.07, 6.45) is 2.80. The summed E-state index contributed by atoms with van der Waals surface area (Å²) >= 11 is 5.99. The van der Waals surface area contributed by atoms with Gasteiger partial charge in [-0.2, -0.15) is 0 Å². The van der Waals surface area contributed by atoms with Gasteiger partial charge >= 0.3 is 0 Å². The van der Waals surface area contributed by atoms with Crippen LogP contribution in [-0.2, 0) is 4.79 Å². The minimum atomic E-state index is -1.10. The lowest BCUT2D eigenvalue weighted by Crippen LogP contribution is -2.26. The topological polar surface area (TPSA) is 61.4 Å². The molecule has 1 aromatic rings. The highest BCUT2D eigenvalue weighted by Crippen LogP contribution is 2.28. The molecule has 0 aliphatic carbocycles. The van der Waals surface area contributed by atoms with Gasteiger partial charge in [0.05, 0.1) is 5.57 Å². The minimum Gasteiger partial charge on any atom is -0.505 e. The summed E-state index contributed by atoms with van der Waals surface area (Å²) in [7, 11) is 0. The van der Waals surface area contributed by atoms with Gasteiger partial charge in [0, 0.05) is 24.7 Å². The molecule has 0 saturated carbocycles. The van der Waals surface area contributed by atoms with E-state index in [9.17, 15) is 18.7 Å². The Balaban J connectivity index is 0.000000816. The Morgan fingerprint density at radius 3 is 2.30 bits per heavy atom. The Labute approximate surface area is 139 Å². The van der Waals surface area contributed by atoms with Crippen LogP contribution in [0.15, 0.2) is 17.3 Å². The highest BCUT2D eigenvalue weighted by Gasteiger charge is 2.22. The third-order valence-electron chi connectivity index (χ3n) is 2.92. The van der Waals surface area contributed by atoms with Crippen molar-refractivity contribution in [3.63, 3.8) is 0 Å². The first-order valence-electron chi connectivity index (χ1n) is 7.52. The van der Waals surface area contributed by atoms with Crippen LogP contribution in [0.4, 0.5) is 8.78 Å². The summed E-state index contributed by atoms with van der Waals surface area (Å²) in [5, 5.41) is 14.7. The standard InChI is InChI=1S/C13H13ClF2N2O2.C3H8/c14-12-11(13(20)18-4-2-1-3-17-12)7-5-10(19)9(16)6-8(7)15;1-3-2/h5-6,17,19H,1-4H2,(H,18,20);3H2,1-2H3/b12-11-;. The molecule has 1 aliphatic rings. The van der Waals surface area contributed by atoms with Gasteiger partial charge in [0.1, 0.15) is 11.0 Å². The van der Waals surface area contributed by atoms with Crippen LogP contribution in [0.2, 0.25) is 0 Å². The monoisotopic (exact) mass is 346 g/mol.